The van der Waals surface area contributed by atoms with Crippen LogP contribution in [0.2, 0.25) is 0 Å². The van der Waals surface area contributed by atoms with E-state index in [1.807, 2.05) is 6.20 Å². The third-order valence-electron chi connectivity index (χ3n) is 2.95. The monoisotopic (exact) mass is 216 g/mol. The smallest absolute Gasteiger partial charge is 0.120 e. The summed E-state index contributed by atoms with van der Waals surface area (Å²) in [7, 11) is 0. The van der Waals surface area contributed by atoms with Crippen LogP contribution in [0.25, 0.3) is 0 Å². The van der Waals surface area contributed by atoms with Gasteiger partial charge in [0, 0.05) is 18.3 Å². The van der Waals surface area contributed by atoms with E-state index in [1.54, 1.807) is 10.9 Å². The number of benzene rings is 1. The van der Waals surface area contributed by atoms with Crippen molar-refractivity contribution in [2.45, 2.75) is 27.0 Å². The molecular formula is C13H16N2O. The van der Waals surface area contributed by atoms with Gasteiger partial charge in [0.2, 0.25) is 0 Å². The van der Waals surface area contributed by atoms with Gasteiger partial charge in [-0.25, -0.2) is 4.98 Å². The lowest BCUT2D eigenvalue weighted by atomic mass is 9.99. The molecule has 0 bridgehead atoms. The van der Waals surface area contributed by atoms with Crippen molar-refractivity contribution in [3.63, 3.8) is 0 Å². The molecule has 0 radical (unpaired) electrons. The fraction of sp³-hybridized carbons (Fsp3) is 0.308. The number of aliphatic hydroxyl groups is 1. The van der Waals surface area contributed by atoms with E-state index in [9.17, 15) is 0 Å². The van der Waals surface area contributed by atoms with Crippen LogP contribution in [0, 0.1) is 13.8 Å². The second-order valence-electron chi connectivity index (χ2n) is 4.04. The second kappa shape index (κ2) is 4.49. The topological polar surface area (TPSA) is 38.0 Å². The first-order chi connectivity index (χ1) is 7.72. The number of imidazole rings is 1. The quantitative estimate of drug-likeness (QED) is 0.852. The number of aryl methyl sites for hydroxylation is 2. The normalized spacial score (nSPS) is 10.7. The number of aliphatic hydroxyl groups excluding tert-OH is 1. The van der Waals surface area contributed by atoms with Gasteiger partial charge in [-0.15, -0.1) is 0 Å². The molecular weight excluding hydrogens is 200 g/mol. The molecule has 2 aromatic rings. The summed E-state index contributed by atoms with van der Waals surface area (Å²) in [5, 5.41) is 9.15. The van der Waals surface area contributed by atoms with Crippen molar-refractivity contribution in [1.82, 2.24) is 9.55 Å². The number of hydrogen-bond acceptors (Lipinski definition) is 2. The van der Waals surface area contributed by atoms with Crippen LogP contribution in [-0.2, 0) is 13.2 Å². The van der Waals surface area contributed by atoms with E-state index in [0.29, 0.717) is 0 Å². The standard InChI is InChI=1S/C13H16N2O/c1-10-4-3-5-11(2)13(10)6-12-7-14-8-15(12)9-16/h3-5,7-8,16H,6,9H2,1-2H3. The zero-order chi connectivity index (χ0) is 11.5. The lowest BCUT2D eigenvalue weighted by Crippen LogP contribution is -2.03. The first kappa shape index (κ1) is 10.9. The van der Waals surface area contributed by atoms with Crippen LogP contribution in [0.3, 0.4) is 0 Å². The Morgan fingerprint density at radius 1 is 1.25 bits per heavy atom. The lowest BCUT2D eigenvalue weighted by molar-refractivity contribution is 0.207. The van der Waals surface area contributed by atoms with E-state index in [0.717, 1.165) is 12.1 Å². The minimum atomic E-state index is -0.0136. The van der Waals surface area contributed by atoms with Crippen molar-refractivity contribution in [3.05, 3.63) is 53.1 Å². The maximum Gasteiger partial charge on any atom is 0.120 e. The Labute approximate surface area is 95.4 Å². The summed E-state index contributed by atoms with van der Waals surface area (Å²) in [5.74, 6) is 0. The van der Waals surface area contributed by atoms with Crippen LogP contribution in [0.15, 0.2) is 30.7 Å². The van der Waals surface area contributed by atoms with Crippen LogP contribution < -0.4 is 0 Å². The van der Waals surface area contributed by atoms with E-state index in [-0.39, 0.29) is 6.73 Å². The van der Waals surface area contributed by atoms with Crippen LogP contribution >= 0.6 is 0 Å². The van der Waals surface area contributed by atoms with Gasteiger partial charge in [-0.2, -0.15) is 0 Å². The fourth-order valence-corrected chi connectivity index (χ4v) is 1.93. The number of nitrogens with zero attached hydrogens (tertiary/aromatic N) is 2. The highest BCUT2D eigenvalue weighted by Crippen LogP contribution is 2.17. The SMILES string of the molecule is Cc1cccc(C)c1Cc1cncn1CO. The molecule has 0 atom stereocenters. The van der Waals surface area contributed by atoms with Gasteiger partial charge in [-0.1, -0.05) is 18.2 Å². The van der Waals surface area contributed by atoms with E-state index < -0.39 is 0 Å². The predicted octanol–water partition coefficient (Wildman–Crippen LogP) is 2.04. The Hall–Kier alpha value is -1.61. The molecule has 1 aromatic heterocycles. The van der Waals surface area contributed by atoms with Gasteiger partial charge in [0.1, 0.15) is 6.73 Å². The molecule has 0 aliphatic carbocycles. The highest BCUT2D eigenvalue weighted by molar-refractivity contribution is 5.36. The Balaban J connectivity index is 2.34. The molecule has 0 fully saturated rings. The van der Waals surface area contributed by atoms with Crippen molar-refractivity contribution < 1.29 is 5.11 Å². The van der Waals surface area contributed by atoms with Crippen molar-refractivity contribution in [3.8, 4) is 0 Å². The largest absolute Gasteiger partial charge is 0.376 e. The molecule has 2 rings (SSSR count). The molecule has 1 heterocycles. The molecule has 1 N–H and O–H groups in total. The average molecular weight is 216 g/mol. The van der Waals surface area contributed by atoms with Crippen LogP contribution in [0.4, 0.5) is 0 Å². The van der Waals surface area contributed by atoms with Crippen LogP contribution in [-0.4, -0.2) is 14.7 Å². The summed E-state index contributed by atoms with van der Waals surface area (Å²) in [6.07, 6.45) is 4.28. The Bertz CT molecular complexity index is 468. The molecule has 1 aromatic carbocycles. The molecule has 0 saturated heterocycles. The summed E-state index contributed by atoms with van der Waals surface area (Å²) in [5.41, 5.74) is 4.92. The van der Waals surface area contributed by atoms with E-state index in [4.69, 9.17) is 5.11 Å². The summed E-state index contributed by atoms with van der Waals surface area (Å²) < 4.78 is 1.76. The minimum absolute atomic E-state index is 0.0136. The lowest BCUT2D eigenvalue weighted by Gasteiger charge is -2.10. The minimum Gasteiger partial charge on any atom is -0.376 e. The van der Waals surface area contributed by atoms with E-state index in [2.05, 4.69) is 37.0 Å². The van der Waals surface area contributed by atoms with Gasteiger partial charge in [-0.3, -0.25) is 0 Å². The summed E-state index contributed by atoms with van der Waals surface area (Å²) in [6.45, 7) is 4.21. The van der Waals surface area contributed by atoms with Gasteiger partial charge in [0.25, 0.3) is 0 Å². The summed E-state index contributed by atoms with van der Waals surface area (Å²) >= 11 is 0. The zero-order valence-corrected chi connectivity index (χ0v) is 9.64. The first-order valence-electron chi connectivity index (χ1n) is 5.37. The van der Waals surface area contributed by atoms with Gasteiger partial charge < -0.3 is 9.67 Å². The Kier molecular flexibility index (Phi) is 3.06. The molecule has 0 aliphatic heterocycles. The Morgan fingerprint density at radius 3 is 2.56 bits per heavy atom. The molecule has 84 valence electrons. The first-order valence-corrected chi connectivity index (χ1v) is 5.37. The van der Waals surface area contributed by atoms with Gasteiger partial charge in [0.15, 0.2) is 0 Å². The zero-order valence-electron chi connectivity index (χ0n) is 9.64. The van der Waals surface area contributed by atoms with Crippen LogP contribution in [0.1, 0.15) is 22.4 Å². The molecule has 16 heavy (non-hydrogen) atoms. The third-order valence-corrected chi connectivity index (χ3v) is 2.95. The molecule has 0 saturated carbocycles. The maximum absolute atomic E-state index is 9.15. The van der Waals surface area contributed by atoms with Crippen molar-refractivity contribution >= 4 is 0 Å². The number of hydrogen-bond donors (Lipinski definition) is 1. The highest BCUT2D eigenvalue weighted by atomic mass is 16.3. The average Bonchev–Trinajstić information content (AvgIpc) is 2.71. The third kappa shape index (κ3) is 1.99. The van der Waals surface area contributed by atoms with Gasteiger partial charge in [0.05, 0.1) is 6.33 Å². The Morgan fingerprint density at radius 2 is 1.94 bits per heavy atom. The fourth-order valence-electron chi connectivity index (χ4n) is 1.93. The van der Waals surface area contributed by atoms with Crippen molar-refractivity contribution in [2.24, 2.45) is 0 Å². The highest BCUT2D eigenvalue weighted by Gasteiger charge is 2.06. The summed E-state index contributed by atoms with van der Waals surface area (Å²) in [4.78, 5) is 4.05. The van der Waals surface area contributed by atoms with Gasteiger partial charge >= 0.3 is 0 Å². The second-order valence-corrected chi connectivity index (χ2v) is 4.04. The molecule has 0 aliphatic rings. The molecule has 0 unspecified atom stereocenters. The molecule has 0 amide bonds. The van der Waals surface area contributed by atoms with Crippen molar-refractivity contribution in [2.75, 3.05) is 0 Å². The van der Waals surface area contributed by atoms with Crippen molar-refractivity contribution in [1.29, 1.82) is 0 Å². The number of aromatic nitrogens is 2. The number of rotatable bonds is 3. The molecule has 3 nitrogen and oxygen atoms in total. The molecule has 0 spiro atoms. The maximum atomic E-state index is 9.15. The summed E-state index contributed by atoms with van der Waals surface area (Å²) in [6, 6.07) is 6.29. The van der Waals surface area contributed by atoms with E-state index >= 15 is 0 Å². The predicted molar refractivity (Wildman–Crippen MR) is 63.2 cm³/mol. The molecule has 3 heteroatoms. The van der Waals surface area contributed by atoms with Gasteiger partial charge in [-0.05, 0) is 30.5 Å². The van der Waals surface area contributed by atoms with Crippen LogP contribution in [0.5, 0.6) is 0 Å². The van der Waals surface area contributed by atoms with E-state index in [1.165, 1.54) is 16.7 Å².